The number of carbonyl (C=O) groups is 1. The highest BCUT2D eigenvalue weighted by Gasteiger charge is 2.42. The molecule has 178 valence electrons. The van der Waals surface area contributed by atoms with Gasteiger partial charge in [-0.15, -0.1) is 13.2 Å². The molecule has 4 rings (SSSR count). The van der Waals surface area contributed by atoms with Crippen LogP contribution in [-0.2, 0) is 9.53 Å². The number of halogens is 4. The second-order valence-corrected chi connectivity index (χ2v) is 8.66. The summed E-state index contributed by atoms with van der Waals surface area (Å²) in [6.07, 6.45) is -1.81. The van der Waals surface area contributed by atoms with E-state index >= 15 is 0 Å². The van der Waals surface area contributed by atoms with Crippen molar-refractivity contribution in [2.45, 2.75) is 43.8 Å². The first-order valence-corrected chi connectivity index (χ1v) is 10.8. The number of benzene rings is 1. The number of fused-ring (bicyclic) bond motifs is 1. The van der Waals surface area contributed by atoms with Gasteiger partial charge in [-0.3, -0.25) is 9.53 Å². The van der Waals surface area contributed by atoms with Crippen LogP contribution in [0, 0.1) is 5.92 Å². The second-order valence-electron chi connectivity index (χ2n) is 8.22. The summed E-state index contributed by atoms with van der Waals surface area (Å²) in [5, 5.41) is 17.8. The number of aliphatic hydroxyl groups is 1. The van der Waals surface area contributed by atoms with Gasteiger partial charge in [0, 0.05) is 41.9 Å². The molecule has 2 N–H and O–H groups in total. The second kappa shape index (κ2) is 9.36. The molecule has 7 nitrogen and oxygen atoms in total. The standard InChI is InChI=1S/C22H23ClF3N3O4/c1-12(29-10-14(9-28-29)16-6-13(16)11-32-22(24,25)26)4-5-27-21(31)20-8-18(30)17-7-15(23)2-3-19(17)33-20/h2-3,7,9-10,13,16,18,20,30H,1,4-6,8,11H2,(H,27,31)/t13-,16+,18-,20+/m1/s1. The van der Waals surface area contributed by atoms with E-state index in [1.54, 1.807) is 35.3 Å². The van der Waals surface area contributed by atoms with Gasteiger partial charge in [0.05, 0.1) is 18.9 Å². The molecular formula is C22H23ClF3N3O4. The van der Waals surface area contributed by atoms with Crippen LogP contribution in [0.2, 0.25) is 5.02 Å². The average Bonchev–Trinajstić information content (AvgIpc) is 3.37. The van der Waals surface area contributed by atoms with Crippen LogP contribution in [0.25, 0.3) is 5.70 Å². The quantitative estimate of drug-likeness (QED) is 0.589. The largest absolute Gasteiger partial charge is 0.522 e. The fraction of sp³-hybridized carbons (Fsp3) is 0.455. The normalized spacial score (nSPS) is 24.0. The maximum atomic E-state index is 12.5. The predicted octanol–water partition coefficient (Wildman–Crippen LogP) is 4.04. The summed E-state index contributed by atoms with van der Waals surface area (Å²) in [5.41, 5.74) is 2.01. The number of rotatable bonds is 8. The lowest BCUT2D eigenvalue weighted by Crippen LogP contribution is -2.41. The van der Waals surface area contributed by atoms with Gasteiger partial charge in [-0.1, -0.05) is 18.2 Å². The van der Waals surface area contributed by atoms with E-state index in [0.717, 1.165) is 5.56 Å². The van der Waals surface area contributed by atoms with Gasteiger partial charge in [0.1, 0.15) is 5.75 Å². The van der Waals surface area contributed by atoms with E-state index in [1.807, 2.05) is 0 Å². The van der Waals surface area contributed by atoms with Gasteiger partial charge >= 0.3 is 6.36 Å². The van der Waals surface area contributed by atoms with E-state index < -0.39 is 18.6 Å². The van der Waals surface area contributed by atoms with E-state index in [9.17, 15) is 23.1 Å². The van der Waals surface area contributed by atoms with Crippen molar-refractivity contribution < 1.29 is 32.5 Å². The number of nitrogens with zero attached hydrogens (tertiary/aromatic N) is 2. The Morgan fingerprint density at radius 3 is 2.94 bits per heavy atom. The summed E-state index contributed by atoms with van der Waals surface area (Å²) < 4.78 is 47.7. The minimum Gasteiger partial charge on any atom is -0.480 e. The molecule has 1 aromatic carbocycles. The van der Waals surface area contributed by atoms with Crippen LogP contribution in [0.3, 0.4) is 0 Å². The Morgan fingerprint density at radius 2 is 2.18 bits per heavy atom. The van der Waals surface area contributed by atoms with E-state index in [2.05, 4.69) is 21.7 Å². The zero-order valence-corrected chi connectivity index (χ0v) is 18.3. The third-order valence-corrected chi connectivity index (χ3v) is 6.02. The van der Waals surface area contributed by atoms with Gasteiger partial charge in [0.2, 0.25) is 0 Å². The van der Waals surface area contributed by atoms with Crippen LogP contribution in [-0.4, -0.2) is 46.4 Å². The van der Waals surface area contributed by atoms with E-state index in [1.165, 1.54) is 0 Å². The lowest BCUT2D eigenvalue weighted by molar-refractivity contribution is -0.326. The Morgan fingerprint density at radius 1 is 1.39 bits per heavy atom. The van der Waals surface area contributed by atoms with E-state index in [0.29, 0.717) is 34.9 Å². The molecule has 0 saturated heterocycles. The summed E-state index contributed by atoms with van der Waals surface area (Å²) >= 11 is 5.94. The van der Waals surface area contributed by atoms with Gasteiger partial charge in [0.25, 0.3) is 5.91 Å². The minimum atomic E-state index is -4.62. The van der Waals surface area contributed by atoms with Gasteiger partial charge in [-0.2, -0.15) is 5.10 Å². The lowest BCUT2D eigenvalue weighted by atomic mass is 9.98. The number of alkyl halides is 3. The molecule has 2 aliphatic rings. The topological polar surface area (TPSA) is 85.6 Å². The molecule has 1 aliphatic heterocycles. The maximum absolute atomic E-state index is 12.5. The first-order chi connectivity index (χ1) is 15.6. The minimum absolute atomic E-state index is 0.0127. The number of hydrogen-bond donors (Lipinski definition) is 2. The van der Waals surface area contributed by atoms with Crippen LogP contribution in [0.4, 0.5) is 13.2 Å². The van der Waals surface area contributed by atoms with Crippen LogP contribution in [0.1, 0.15) is 42.4 Å². The molecule has 1 aliphatic carbocycles. The monoisotopic (exact) mass is 485 g/mol. The predicted molar refractivity (Wildman–Crippen MR) is 113 cm³/mol. The molecule has 0 spiro atoms. The maximum Gasteiger partial charge on any atom is 0.522 e. The summed E-state index contributed by atoms with van der Waals surface area (Å²) in [6.45, 7) is 3.88. The van der Waals surface area contributed by atoms with Crippen LogP contribution in [0.15, 0.2) is 37.2 Å². The van der Waals surface area contributed by atoms with Crippen molar-refractivity contribution in [3.8, 4) is 5.75 Å². The molecule has 0 bridgehead atoms. The van der Waals surface area contributed by atoms with Crippen LogP contribution < -0.4 is 10.1 Å². The van der Waals surface area contributed by atoms with Crippen LogP contribution >= 0.6 is 11.6 Å². The highest BCUT2D eigenvalue weighted by molar-refractivity contribution is 6.30. The van der Waals surface area contributed by atoms with Crippen molar-refractivity contribution in [1.82, 2.24) is 15.1 Å². The van der Waals surface area contributed by atoms with Gasteiger partial charge < -0.3 is 15.2 Å². The van der Waals surface area contributed by atoms with Crippen molar-refractivity contribution in [2.24, 2.45) is 5.92 Å². The smallest absolute Gasteiger partial charge is 0.480 e. The number of amides is 1. The number of hydrogen-bond acceptors (Lipinski definition) is 5. The summed E-state index contributed by atoms with van der Waals surface area (Å²) in [6, 6.07) is 4.87. The zero-order chi connectivity index (χ0) is 23.8. The molecule has 1 fully saturated rings. The molecule has 2 heterocycles. The summed E-state index contributed by atoms with van der Waals surface area (Å²) in [4.78, 5) is 12.5. The van der Waals surface area contributed by atoms with Gasteiger partial charge in [-0.25, -0.2) is 4.68 Å². The van der Waals surface area contributed by atoms with Crippen molar-refractivity contribution in [1.29, 1.82) is 0 Å². The number of aromatic nitrogens is 2. The lowest BCUT2D eigenvalue weighted by Gasteiger charge is -2.29. The molecule has 11 heteroatoms. The molecule has 1 saturated carbocycles. The molecule has 33 heavy (non-hydrogen) atoms. The third-order valence-electron chi connectivity index (χ3n) is 5.78. The molecule has 1 aromatic heterocycles. The first-order valence-electron chi connectivity index (χ1n) is 10.5. The molecule has 1 amide bonds. The molecule has 4 atom stereocenters. The van der Waals surface area contributed by atoms with Crippen LogP contribution in [0.5, 0.6) is 5.75 Å². The summed E-state index contributed by atoms with van der Waals surface area (Å²) in [7, 11) is 0. The Hall–Kier alpha value is -2.56. The van der Waals surface area contributed by atoms with Gasteiger partial charge in [-0.05, 0) is 42.0 Å². The number of aliphatic hydroxyl groups excluding tert-OH is 1. The Kier molecular flexibility index (Phi) is 6.69. The first kappa shape index (κ1) is 23.6. The highest BCUT2D eigenvalue weighted by atomic mass is 35.5. The van der Waals surface area contributed by atoms with E-state index in [4.69, 9.17) is 16.3 Å². The highest BCUT2D eigenvalue weighted by Crippen LogP contribution is 2.48. The number of nitrogens with one attached hydrogen (secondary N) is 1. The summed E-state index contributed by atoms with van der Waals surface area (Å²) in [5.74, 6) is -0.120. The Labute approximate surface area is 193 Å². The van der Waals surface area contributed by atoms with Gasteiger partial charge in [0.15, 0.2) is 6.10 Å². The number of ether oxygens (including phenoxy) is 2. The van der Waals surface area contributed by atoms with Crippen molar-refractivity contribution in [3.05, 3.63) is 53.3 Å². The molecule has 0 unspecified atom stereocenters. The Balaban J connectivity index is 1.22. The van der Waals surface area contributed by atoms with E-state index in [-0.39, 0.29) is 37.3 Å². The number of carbonyl (C=O) groups excluding carboxylic acids is 1. The zero-order valence-electron chi connectivity index (χ0n) is 17.5. The SMILES string of the molecule is C=C(CCNC(=O)[C@@H]1C[C@@H](O)c2cc(Cl)ccc2O1)n1cc([C@H]2C[C@@H]2COC(F)(F)F)cn1. The van der Waals surface area contributed by atoms with Crippen molar-refractivity contribution >= 4 is 23.2 Å². The molecular weight excluding hydrogens is 463 g/mol. The van der Waals surface area contributed by atoms with Crippen molar-refractivity contribution in [2.75, 3.05) is 13.2 Å². The molecule has 2 aromatic rings. The third kappa shape index (κ3) is 5.87. The fourth-order valence-corrected chi connectivity index (χ4v) is 4.06. The Bertz CT molecular complexity index is 1040. The molecule has 0 radical (unpaired) electrons. The fourth-order valence-electron chi connectivity index (χ4n) is 3.88. The van der Waals surface area contributed by atoms with Crippen molar-refractivity contribution in [3.63, 3.8) is 0 Å². The average molecular weight is 486 g/mol.